The maximum atomic E-state index is 12.9. The van der Waals surface area contributed by atoms with E-state index >= 15 is 0 Å². The molecule has 0 spiro atoms. The normalized spacial score (nSPS) is 17.3. The van der Waals surface area contributed by atoms with Gasteiger partial charge in [-0.05, 0) is 49.9 Å². The lowest BCUT2D eigenvalue weighted by Gasteiger charge is -2.38. The third-order valence-electron chi connectivity index (χ3n) is 5.73. The molecule has 1 fully saturated rings. The van der Waals surface area contributed by atoms with Crippen molar-refractivity contribution in [3.05, 3.63) is 62.0 Å². The highest BCUT2D eigenvalue weighted by atomic mass is 35.5. The fraction of sp³-hybridized carbons (Fsp3) is 0.429. The first-order chi connectivity index (χ1) is 13.3. The first kappa shape index (κ1) is 19.6. The molecule has 1 N–H and O–H groups in total. The van der Waals surface area contributed by atoms with E-state index in [1.54, 1.807) is 22.2 Å². The highest BCUT2D eigenvalue weighted by Gasteiger charge is 2.33. The summed E-state index contributed by atoms with van der Waals surface area (Å²) < 4.78 is 1.58. The molecule has 148 valence electrons. The van der Waals surface area contributed by atoms with Gasteiger partial charge in [0.25, 0.3) is 5.56 Å². The lowest BCUT2D eigenvalue weighted by atomic mass is 9.91. The molecule has 1 aromatic carbocycles. The smallest absolute Gasteiger partial charge is 0.262 e. The van der Waals surface area contributed by atoms with Crippen molar-refractivity contribution in [2.75, 3.05) is 13.1 Å². The maximum Gasteiger partial charge on any atom is 0.262 e. The number of fused-ring (bicyclic) bond motifs is 1. The van der Waals surface area contributed by atoms with Crippen LogP contribution in [0.2, 0.25) is 5.02 Å². The average Bonchev–Trinajstić information content (AvgIpc) is 2.96. The largest absolute Gasteiger partial charge is 0.388 e. The quantitative estimate of drug-likeness (QED) is 0.702. The Bertz CT molecular complexity index is 1050. The van der Waals surface area contributed by atoms with Crippen LogP contribution < -0.4 is 5.56 Å². The van der Waals surface area contributed by atoms with Crippen LogP contribution >= 0.6 is 22.9 Å². The predicted octanol–water partition coefficient (Wildman–Crippen LogP) is 3.76. The monoisotopic (exact) mass is 417 g/mol. The Morgan fingerprint density at radius 1 is 1.21 bits per heavy atom. The molecule has 0 atom stereocenters. The summed E-state index contributed by atoms with van der Waals surface area (Å²) >= 11 is 7.50. The van der Waals surface area contributed by atoms with Crippen LogP contribution in [-0.2, 0) is 13.1 Å². The SMILES string of the molecule is Cc1sc2ncn(CC3(O)CCN(Cc4ccc(Cl)cc4)CC3)c(=O)c2c1C. The third kappa shape index (κ3) is 3.87. The predicted molar refractivity (Wildman–Crippen MR) is 114 cm³/mol. The van der Waals surface area contributed by atoms with Gasteiger partial charge in [-0.1, -0.05) is 23.7 Å². The summed E-state index contributed by atoms with van der Waals surface area (Å²) in [5.41, 5.74) is 1.28. The summed E-state index contributed by atoms with van der Waals surface area (Å²) in [5.74, 6) is 0. The first-order valence-corrected chi connectivity index (χ1v) is 10.7. The van der Waals surface area contributed by atoms with E-state index in [2.05, 4.69) is 9.88 Å². The van der Waals surface area contributed by atoms with Crippen LogP contribution in [0.1, 0.15) is 28.8 Å². The second-order valence-electron chi connectivity index (χ2n) is 7.77. The van der Waals surface area contributed by atoms with Gasteiger partial charge in [-0.25, -0.2) is 4.98 Å². The van der Waals surface area contributed by atoms with E-state index in [1.807, 2.05) is 38.1 Å². The molecule has 0 unspecified atom stereocenters. The van der Waals surface area contributed by atoms with E-state index < -0.39 is 5.60 Å². The number of likely N-dealkylation sites (tertiary alicyclic amines) is 1. The number of aliphatic hydroxyl groups is 1. The van der Waals surface area contributed by atoms with Crippen LogP contribution in [0, 0.1) is 13.8 Å². The standard InChI is InChI=1S/C21H24ClN3O2S/c1-14-15(2)28-19-18(14)20(26)25(13-23-19)12-21(27)7-9-24(10-8-21)11-16-3-5-17(22)6-4-16/h3-6,13,27H,7-12H2,1-2H3. The molecular formula is C21H24ClN3O2S. The van der Waals surface area contributed by atoms with Gasteiger partial charge in [0.2, 0.25) is 0 Å². The maximum absolute atomic E-state index is 12.9. The molecule has 1 aliphatic rings. The van der Waals surface area contributed by atoms with Crippen LogP contribution in [0.3, 0.4) is 0 Å². The zero-order chi connectivity index (χ0) is 19.9. The minimum absolute atomic E-state index is 0.0520. The highest BCUT2D eigenvalue weighted by Crippen LogP contribution is 2.28. The zero-order valence-corrected chi connectivity index (χ0v) is 17.7. The molecular weight excluding hydrogens is 394 g/mol. The van der Waals surface area contributed by atoms with Gasteiger partial charge in [-0.3, -0.25) is 14.3 Å². The highest BCUT2D eigenvalue weighted by molar-refractivity contribution is 7.18. The summed E-state index contributed by atoms with van der Waals surface area (Å²) in [6, 6.07) is 7.88. The van der Waals surface area contributed by atoms with Gasteiger partial charge < -0.3 is 5.11 Å². The number of hydrogen-bond donors (Lipinski definition) is 1. The average molecular weight is 418 g/mol. The topological polar surface area (TPSA) is 58.4 Å². The van der Waals surface area contributed by atoms with E-state index in [-0.39, 0.29) is 12.1 Å². The molecule has 5 nitrogen and oxygen atoms in total. The number of piperidine rings is 1. The van der Waals surface area contributed by atoms with Crippen molar-refractivity contribution in [1.29, 1.82) is 0 Å². The molecule has 1 saturated heterocycles. The van der Waals surface area contributed by atoms with E-state index in [4.69, 9.17) is 11.6 Å². The number of rotatable bonds is 4. The molecule has 1 aliphatic heterocycles. The van der Waals surface area contributed by atoms with Gasteiger partial charge in [0.15, 0.2) is 0 Å². The summed E-state index contributed by atoms with van der Waals surface area (Å²) in [6.45, 7) is 6.69. The van der Waals surface area contributed by atoms with Crippen LogP contribution in [0.4, 0.5) is 0 Å². The Labute approximate surface area is 173 Å². The van der Waals surface area contributed by atoms with Crippen molar-refractivity contribution in [2.45, 2.75) is 45.4 Å². The molecule has 0 amide bonds. The second-order valence-corrected chi connectivity index (χ2v) is 9.41. The van der Waals surface area contributed by atoms with Crippen molar-refractivity contribution < 1.29 is 5.11 Å². The third-order valence-corrected chi connectivity index (χ3v) is 7.09. The van der Waals surface area contributed by atoms with Crippen molar-refractivity contribution in [2.24, 2.45) is 0 Å². The minimum Gasteiger partial charge on any atom is -0.388 e. The number of halogens is 1. The summed E-state index contributed by atoms with van der Waals surface area (Å²) in [7, 11) is 0. The minimum atomic E-state index is -0.880. The Hall–Kier alpha value is -1.73. The number of nitrogens with zero attached hydrogens (tertiary/aromatic N) is 3. The second kappa shape index (κ2) is 7.59. The molecule has 0 bridgehead atoms. The van der Waals surface area contributed by atoms with E-state index in [1.165, 1.54) is 5.56 Å². The van der Waals surface area contributed by atoms with Gasteiger partial charge in [0, 0.05) is 29.5 Å². The van der Waals surface area contributed by atoms with E-state index in [0.717, 1.165) is 39.9 Å². The number of benzene rings is 1. The van der Waals surface area contributed by atoms with Crippen molar-refractivity contribution in [1.82, 2.24) is 14.5 Å². The Morgan fingerprint density at radius 3 is 2.57 bits per heavy atom. The van der Waals surface area contributed by atoms with Crippen molar-refractivity contribution in [3.63, 3.8) is 0 Å². The first-order valence-electron chi connectivity index (χ1n) is 9.49. The van der Waals surface area contributed by atoms with E-state index in [0.29, 0.717) is 18.2 Å². The molecule has 0 radical (unpaired) electrons. The molecule has 2 aromatic heterocycles. The number of hydrogen-bond acceptors (Lipinski definition) is 5. The molecule has 28 heavy (non-hydrogen) atoms. The summed E-state index contributed by atoms with van der Waals surface area (Å²) in [4.78, 5) is 21.6. The fourth-order valence-corrected chi connectivity index (χ4v) is 4.95. The summed E-state index contributed by atoms with van der Waals surface area (Å²) in [6.07, 6.45) is 2.84. The zero-order valence-electron chi connectivity index (χ0n) is 16.1. The van der Waals surface area contributed by atoms with Crippen LogP contribution in [-0.4, -0.2) is 38.2 Å². The van der Waals surface area contributed by atoms with E-state index in [9.17, 15) is 9.90 Å². The fourth-order valence-electron chi connectivity index (χ4n) is 3.83. The van der Waals surface area contributed by atoms with Crippen molar-refractivity contribution in [3.8, 4) is 0 Å². The van der Waals surface area contributed by atoms with Gasteiger partial charge >= 0.3 is 0 Å². The molecule has 4 rings (SSSR count). The molecule has 0 saturated carbocycles. The van der Waals surface area contributed by atoms with Gasteiger partial charge in [0.1, 0.15) is 4.83 Å². The van der Waals surface area contributed by atoms with Crippen LogP contribution in [0.5, 0.6) is 0 Å². The Kier molecular flexibility index (Phi) is 5.31. The van der Waals surface area contributed by atoms with Crippen molar-refractivity contribution >= 4 is 33.2 Å². The lowest BCUT2D eigenvalue weighted by Crippen LogP contribution is -2.47. The Balaban J connectivity index is 1.45. The van der Waals surface area contributed by atoms with Crippen LogP contribution in [0.15, 0.2) is 35.4 Å². The molecule has 3 heterocycles. The number of aromatic nitrogens is 2. The van der Waals surface area contributed by atoms with Gasteiger partial charge in [-0.15, -0.1) is 11.3 Å². The molecule has 7 heteroatoms. The lowest BCUT2D eigenvalue weighted by molar-refractivity contribution is -0.0364. The van der Waals surface area contributed by atoms with Crippen LogP contribution in [0.25, 0.3) is 10.2 Å². The Morgan fingerprint density at radius 2 is 1.89 bits per heavy atom. The number of thiophene rings is 1. The molecule has 0 aliphatic carbocycles. The summed E-state index contributed by atoms with van der Waals surface area (Å²) in [5, 5.41) is 12.5. The molecule has 3 aromatic rings. The number of aryl methyl sites for hydroxylation is 2. The van der Waals surface area contributed by atoms with Gasteiger partial charge in [0.05, 0.1) is 23.9 Å². The van der Waals surface area contributed by atoms with Gasteiger partial charge in [-0.2, -0.15) is 0 Å².